The number of furan rings is 1. The van der Waals surface area contributed by atoms with Crippen LogP contribution in [0.5, 0.6) is 5.75 Å². The Morgan fingerprint density at radius 2 is 1.91 bits per heavy atom. The maximum atomic E-state index is 14.8. The number of carbonyl (C=O) groups excluding carboxylic acids is 1. The molecule has 3 aromatic rings. The number of hydrogen-bond acceptors (Lipinski definition) is 4. The van der Waals surface area contributed by atoms with Gasteiger partial charge in [0.05, 0.1) is 21.2 Å². The first-order chi connectivity index (χ1) is 17.1. The van der Waals surface area contributed by atoms with Crippen LogP contribution in [0.25, 0.3) is 11.3 Å². The zero-order chi connectivity index (χ0) is 26.3. The van der Waals surface area contributed by atoms with Gasteiger partial charge < -0.3 is 19.2 Å². The molecule has 0 radical (unpaired) electrons. The lowest BCUT2D eigenvalue weighted by Crippen LogP contribution is -2.36. The van der Waals surface area contributed by atoms with E-state index >= 15 is 0 Å². The van der Waals surface area contributed by atoms with Gasteiger partial charge >= 0.3 is 5.97 Å². The van der Waals surface area contributed by atoms with Gasteiger partial charge in [0.2, 0.25) is 0 Å². The molecule has 0 atom stereocenters. The van der Waals surface area contributed by atoms with Crippen LogP contribution in [0.15, 0.2) is 65.3 Å². The van der Waals surface area contributed by atoms with E-state index in [9.17, 15) is 14.0 Å². The lowest BCUT2D eigenvalue weighted by molar-refractivity contribution is -0.137. The molecule has 0 fully saturated rings. The van der Waals surface area contributed by atoms with E-state index in [-0.39, 0.29) is 29.7 Å². The molecule has 0 saturated carbocycles. The van der Waals surface area contributed by atoms with Crippen molar-refractivity contribution in [3.05, 3.63) is 77.8 Å². The molecule has 0 bridgehead atoms. The van der Waals surface area contributed by atoms with E-state index in [0.29, 0.717) is 30.8 Å². The van der Waals surface area contributed by atoms with Crippen LogP contribution in [0.4, 0.5) is 4.39 Å². The predicted octanol–water partition coefficient (Wildman–Crippen LogP) is 6.16. The lowest BCUT2D eigenvalue weighted by Gasteiger charge is -2.28. The normalized spacial score (nSPS) is 12.2. The number of unbranched alkanes of at least 4 members (excludes halogenated alkanes) is 2. The summed E-state index contributed by atoms with van der Waals surface area (Å²) in [5, 5.41) is 8.74. The summed E-state index contributed by atoms with van der Waals surface area (Å²) in [7, 11) is 0. The molecule has 1 amide bonds. The lowest BCUT2D eigenvalue weighted by atomic mass is 10.1. The fourth-order valence-electron chi connectivity index (χ4n) is 3.39. The number of para-hydroxylation sites is 1. The Morgan fingerprint density at radius 3 is 2.59 bits per heavy atom. The average molecular weight is 470 g/mol. The van der Waals surface area contributed by atoms with Gasteiger partial charge in [-0.15, -0.1) is 0 Å². The highest BCUT2D eigenvalue weighted by atomic mass is 19.1. The van der Waals surface area contributed by atoms with E-state index in [1.54, 1.807) is 50.2 Å². The number of hydrogen-bond donors (Lipinski definition) is 1. The SMILES string of the molecule is [2H]C([2H])(c1ccccc1OCCCCCC(=O)O)N(C(=O)c1ccc(-c2ccco2)c(F)c1)C(C)C. The number of carbonyl (C=O) groups is 2. The molecule has 0 aliphatic heterocycles. The monoisotopic (exact) mass is 469 g/mol. The van der Waals surface area contributed by atoms with E-state index in [1.165, 1.54) is 18.4 Å². The minimum atomic E-state index is -2.26. The number of carboxylic acids is 1. The molecule has 0 saturated heterocycles. The molecule has 180 valence electrons. The van der Waals surface area contributed by atoms with Crippen molar-refractivity contribution in [3.8, 4) is 17.1 Å². The number of carboxylic acid groups (broad SMARTS) is 1. The third-order valence-electron chi connectivity index (χ3n) is 5.16. The minimum Gasteiger partial charge on any atom is -0.493 e. The standard InChI is InChI=1S/C27H30FNO5/c1-19(2)29(27(32)20-13-14-22(23(28)17-20)25-11-8-16-34-25)18-21-9-5-6-10-24(21)33-15-7-3-4-12-26(30)31/h5-6,8-11,13-14,16-17,19H,3-4,7,12,15,18H2,1-2H3,(H,30,31)/i18D2. The molecule has 0 spiro atoms. The molecular weight excluding hydrogens is 437 g/mol. The first kappa shape index (κ1) is 22.2. The molecule has 0 aliphatic rings. The summed E-state index contributed by atoms with van der Waals surface area (Å²) in [5.74, 6) is -1.53. The van der Waals surface area contributed by atoms with Gasteiger partial charge in [0.25, 0.3) is 5.91 Å². The van der Waals surface area contributed by atoms with Crippen LogP contribution in [0, 0.1) is 5.82 Å². The van der Waals surface area contributed by atoms with E-state index < -0.39 is 30.2 Å². The summed E-state index contributed by atoms with van der Waals surface area (Å²) in [6.45, 7) is 1.40. The van der Waals surface area contributed by atoms with Crippen LogP contribution in [0.1, 0.15) is 58.2 Å². The summed E-state index contributed by atoms with van der Waals surface area (Å²) in [4.78, 5) is 25.2. The smallest absolute Gasteiger partial charge is 0.303 e. The maximum absolute atomic E-state index is 14.8. The molecule has 1 heterocycles. The zero-order valence-corrected chi connectivity index (χ0v) is 19.3. The summed E-state index contributed by atoms with van der Waals surface area (Å²) >= 11 is 0. The second kappa shape index (κ2) is 12.0. The number of rotatable bonds is 12. The Labute approximate surface area is 201 Å². The molecule has 6 nitrogen and oxygen atoms in total. The predicted molar refractivity (Wildman–Crippen MR) is 127 cm³/mol. The fourth-order valence-corrected chi connectivity index (χ4v) is 3.39. The molecule has 34 heavy (non-hydrogen) atoms. The van der Waals surface area contributed by atoms with E-state index in [4.69, 9.17) is 17.0 Å². The van der Waals surface area contributed by atoms with Crippen molar-refractivity contribution in [2.45, 2.75) is 52.1 Å². The molecular formula is C27H30FNO5. The van der Waals surface area contributed by atoms with Crippen molar-refractivity contribution in [2.24, 2.45) is 0 Å². The Kier molecular flexibility index (Phi) is 7.85. The fraction of sp³-hybridized carbons (Fsp3) is 0.333. The summed E-state index contributed by atoms with van der Waals surface area (Å²) in [6, 6.07) is 13.2. The van der Waals surface area contributed by atoms with Crippen LogP contribution in [-0.4, -0.2) is 34.5 Å². The summed E-state index contributed by atoms with van der Waals surface area (Å²) in [5.41, 5.74) is 0.389. The Bertz CT molecular complexity index is 1180. The first-order valence-corrected chi connectivity index (χ1v) is 11.2. The maximum Gasteiger partial charge on any atom is 0.303 e. The van der Waals surface area contributed by atoms with Gasteiger partial charge in [0.1, 0.15) is 17.3 Å². The molecule has 1 N–H and O–H groups in total. The molecule has 0 unspecified atom stereocenters. The molecule has 1 aromatic heterocycles. The number of halogens is 1. The highest BCUT2D eigenvalue weighted by Crippen LogP contribution is 2.26. The highest BCUT2D eigenvalue weighted by Gasteiger charge is 2.22. The van der Waals surface area contributed by atoms with Crippen LogP contribution in [-0.2, 0) is 11.3 Å². The van der Waals surface area contributed by atoms with Crippen LogP contribution >= 0.6 is 0 Å². The second-order valence-electron chi connectivity index (χ2n) is 8.10. The Morgan fingerprint density at radius 1 is 1.12 bits per heavy atom. The number of ether oxygens (including phenoxy) is 1. The molecule has 2 aromatic carbocycles. The van der Waals surface area contributed by atoms with Crippen LogP contribution in [0.3, 0.4) is 0 Å². The van der Waals surface area contributed by atoms with Gasteiger partial charge in [-0.3, -0.25) is 9.59 Å². The van der Waals surface area contributed by atoms with E-state index in [2.05, 4.69) is 0 Å². The first-order valence-electron chi connectivity index (χ1n) is 12.2. The second-order valence-corrected chi connectivity index (χ2v) is 8.10. The largest absolute Gasteiger partial charge is 0.493 e. The van der Waals surface area contributed by atoms with Crippen molar-refractivity contribution in [1.29, 1.82) is 0 Å². The molecule has 3 rings (SSSR count). The third kappa shape index (κ3) is 6.70. The van der Waals surface area contributed by atoms with E-state index in [0.717, 1.165) is 11.0 Å². The topological polar surface area (TPSA) is 80.0 Å². The van der Waals surface area contributed by atoms with Gasteiger partial charge in [-0.2, -0.15) is 0 Å². The Hall–Kier alpha value is -3.61. The van der Waals surface area contributed by atoms with Gasteiger partial charge in [-0.25, -0.2) is 4.39 Å². The Balaban J connectivity index is 1.82. The number of amides is 1. The van der Waals surface area contributed by atoms with Gasteiger partial charge in [0.15, 0.2) is 0 Å². The van der Waals surface area contributed by atoms with Crippen LogP contribution < -0.4 is 4.74 Å². The summed E-state index contributed by atoms with van der Waals surface area (Å²) in [6.07, 6.45) is 3.33. The quantitative estimate of drug-likeness (QED) is 0.321. The number of benzene rings is 2. The van der Waals surface area contributed by atoms with Crippen LogP contribution in [0.2, 0.25) is 0 Å². The minimum absolute atomic E-state index is 0.0113. The molecule has 7 heteroatoms. The van der Waals surface area contributed by atoms with Crippen molar-refractivity contribution < 1.29 is 31.0 Å². The average Bonchev–Trinajstić information content (AvgIpc) is 3.35. The summed E-state index contributed by atoms with van der Waals surface area (Å²) < 4.78 is 43.7. The van der Waals surface area contributed by atoms with Crippen molar-refractivity contribution in [3.63, 3.8) is 0 Å². The van der Waals surface area contributed by atoms with Crippen molar-refractivity contribution >= 4 is 11.9 Å². The molecule has 0 aliphatic carbocycles. The van der Waals surface area contributed by atoms with Gasteiger partial charge in [-0.1, -0.05) is 18.2 Å². The highest BCUT2D eigenvalue weighted by molar-refractivity contribution is 5.95. The van der Waals surface area contributed by atoms with Crippen molar-refractivity contribution in [2.75, 3.05) is 6.61 Å². The van der Waals surface area contributed by atoms with Crippen molar-refractivity contribution in [1.82, 2.24) is 4.90 Å². The van der Waals surface area contributed by atoms with Gasteiger partial charge in [0, 0.05) is 30.1 Å². The number of aliphatic carboxylic acids is 1. The zero-order valence-electron chi connectivity index (χ0n) is 21.3. The van der Waals surface area contributed by atoms with E-state index in [1.807, 2.05) is 0 Å². The van der Waals surface area contributed by atoms with Gasteiger partial charge in [-0.05, 0) is 69.5 Å². The number of nitrogens with zero attached hydrogens (tertiary/aromatic N) is 1. The third-order valence-corrected chi connectivity index (χ3v) is 5.16.